The summed E-state index contributed by atoms with van der Waals surface area (Å²) in [6.45, 7) is 6.76. The number of rotatable bonds is 4. The Morgan fingerprint density at radius 3 is 2.47 bits per heavy atom. The van der Waals surface area contributed by atoms with Crippen molar-refractivity contribution < 1.29 is 4.74 Å². The Hall–Kier alpha value is -0.0200. The van der Waals surface area contributed by atoms with Crippen molar-refractivity contribution in [3.05, 3.63) is 28.2 Å². The molecule has 0 heterocycles. The molecular formula is C14H20Br2O. The normalized spacial score (nSPS) is 13.5. The standard InChI is InChI=1S/C14H20Br2O/c1-14(2,3)13(16)8-5-10-9-11(15)6-7-12(10)17-4/h6-7,9,13H,5,8H2,1-4H3. The van der Waals surface area contributed by atoms with Gasteiger partial charge in [-0.05, 0) is 42.0 Å². The number of benzene rings is 1. The lowest BCUT2D eigenvalue weighted by molar-refractivity contribution is 0.380. The highest BCUT2D eigenvalue weighted by Crippen LogP contribution is 2.31. The molecule has 0 fully saturated rings. The molecule has 1 nitrogen and oxygen atoms in total. The van der Waals surface area contributed by atoms with Gasteiger partial charge in [-0.1, -0.05) is 52.6 Å². The van der Waals surface area contributed by atoms with Gasteiger partial charge < -0.3 is 4.74 Å². The Morgan fingerprint density at radius 1 is 1.29 bits per heavy atom. The summed E-state index contributed by atoms with van der Waals surface area (Å²) in [5.41, 5.74) is 1.55. The van der Waals surface area contributed by atoms with Crippen LogP contribution in [0.3, 0.4) is 0 Å². The first-order valence-corrected chi connectivity index (χ1v) is 7.52. The molecule has 3 heteroatoms. The summed E-state index contributed by atoms with van der Waals surface area (Å²) >= 11 is 7.27. The van der Waals surface area contributed by atoms with Crippen LogP contribution in [0.2, 0.25) is 0 Å². The molecule has 0 spiro atoms. The second-order valence-corrected chi connectivity index (χ2v) is 7.35. The van der Waals surface area contributed by atoms with Crippen LogP contribution in [-0.4, -0.2) is 11.9 Å². The zero-order valence-electron chi connectivity index (χ0n) is 10.9. The number of hydrogen-bond acceptors (Lipinski definition) is 1. The Labute approximate surface area is 121 Å². The molecule has 0 amide bonds. The minimum Gasteiger partial charge on any atom is -0.496 e. The van der Waals surface area contributed by atoms with Crippen LogP contribution in [0.4, 0.5) is 0 Å². The second-order valence-electron chi connectivity index (χ2n) is 5.33. The van der Waals surface area contributed by atoms with Gasteiger partial charge in [-0.2, -0.15) is 0 Å². The van der Waals surface area contributed by atoms with Crippen LogP contribution in [0.5, 0.6) is 5.75 Å². The van der Waals surface area contributed by atoms with E-state index in [1.54, 1.807) is 7.11 Å². The Kier molecular flexibility index (Phi) is 5.52. The van der Waals surface area contributed by atoms with Gasteiger partial charge in [0.05, 0.1) is 7.11 Å². The van der Waals surface area contributed by atoms with Gasteiger partial charge in [0.1, 0.15) is 5.75 Å². The highest BCUT2D eigenvalue weighted by atomic mass is 79.9. The van der Waals surface area contributed by atoms with Gasteiger partial charge in [0, 0.05) is 9.30 Å². The summed E-state index contributed by atoms with van der Waals surface area (Å²) in [7, 11) is 1.72. The van der Waals surface area contributed by atoms with E-state index in [-0.39, 0.29) is 0 Å². The van der Waals surface area contributed by atoms with Crippen molar-refractivity contribution in [2.24, 2.45) is 5.41 Å². The van der Waals surface area contributed by atoms with Gasteiger partial charge in [0.15, 0.2) is 0 Å². The third-order valence-corrected chi connectivity index (χ3v) is 5.17. The van der Waals surface area contributed by atoms with E-state index in [1.165, 1.54) is 5.56 Å². The van der Waals surface area contributed by atoms with Crippen molar-refractivity contribution in [2.75, 3.05) is 7.11 Å². The first kappa shape index (κ1) is 15.0. The zero-order valence-corrected chi connectivity index (χ0v) is 14.1. The maximum absolute atomic E-state index is 5.38. The van der Waals surface area contributed by atoms with Crippen LogP contribution in [0.15, 0.2) is 22.7 Å². The third-order valence-electron chi connectivity index (χ3n) is 2.85. The monoisotopic (exact) mass is 362 g/mol. The van der Waals surface area contributed by atoms with Gasteiger partial charge in [0.25, 0.3) is 0 Å². The van der Waals surface area contributed by atoms with E-state index in [0.717, 1.165) is 23.1 Å². The number of alkyl halides is 1. The van der Waals surface area contributed by atoms with Crippen LogP contribution in [0.25, 0.3) is 0 Å². The SMILES string of the molecule is COc1ccc(Br)cc1CCC(Br)C(C)(C)C. The maximum atomic E-state index is 5.38. The molecule has 0 saturated heterocycles. The largest absolute Gasteiger partial charge is 0.496 e. The fourth-order valence-electron chi connectivity index (χ4n) is 1.66. The molecule has 1 aromatic carbocycles. The predicted molar refractivity (Wildman–Crippen MR) is 81.2 cm³/mol. The second kappa shape index (κ2) is 6.24. The van der Waals surface area contributed by atoms with Gasteiger partial charge in [-0.15, -0.1) is 0 Å². The van der Waals surface area contributed by atoms with E-state index in [9.17, 15) is 0 Å². The highest BCUT2D eigenvalue weighted by Gasteiger charge is 2.21. The molecule has 0 saturated carbocycles. The molecule has 0 aliphatic heterocycles. The molecule has 96 valence electrons. The molecular weight excluding hydrogens is 344 g/mol. The summed E-state index contributed by atoms with van der Waals surface area (Å²) < 4.78 is 6.49. The minimum atomic E-state index is 0.291. The first-order valence-electron chi connectivity index (χ1n) is 5.81. The smallest absolute Gasteiger partial charge is 0.122 e. The van der Waals surface area contributed by atoms with Crippen LogP contribution in [0.1, 0.15) is 32.8 Å². The summed E-state index contributed by atoms with van der Waals surface area (Å²) in [6, 6.07) is 6.17. The summed E-state index contributed by atoms with van der Waals surface area (Å²) in [5.74, 6) is 0.974. The lowest BCUT2D eigenvalue weighted by Gasteiger charge is -2.25. The molecule has 0 aromatic heterocycles. The van der Waals surface area contributed by atoms with Crippen LogP contribution in [-0.2, 0) is 6.42 Å². The highest BCUT2D eigenvalue weighted by molar-refractivity contribution is 9.10. The van der Waals surface area contributed by atoms with E-state index in [1.807, 2.05) is 12.1 Å². The molecule has 0 aliphatic rings. The Morgan fingerprint density at radius 2 is 1.94 bits per heavy atom. The van der Waals surface area contributed by atoms with E-state index in [4.69, 9.17) is 4.74 Å². The van der Waals surface area contributed by atoms with Crippen LogP contribution >= 0.6 is 31.9 Å². The maximum Gasteiger partial charge on any atom is 0.122 e. The lowest BCUT2D eigenvalue weighted by atomic mass is 9.88. The van der Waals surface area contributed by atoms with Crippen molar-refractivity contribution in [1.82, 2.24) is 0 Å². The number of aryl methyl sites for hydroxylation is 1. The first-order chi connectivity index (χ1) is 7.84. The van der Waals surface area contributed by atoms with Crippen LogP contribution in [0, 0.1) is 5.41 Å². The number of halogens is 2. The summed E-state index contributed by atoms with van der Waals surface area (Å²) in [5, 5.41) is 0. The molecule has 0 N–H and O–H groups in total. The fourth-order valence-corrected chi connectivity index (χ4v) is 2.30. The number of ether oxygens (including phenoxy) is 1. The predicted octanol–water partition coefficient (Wildman–Crippen LogP) is 5.20. The number of methoxy groups -OCH3 is 1. The fraction of sp³-hybridized carbons (Fsp3) is 0.571. The topological polar surface area (TPSA) is 9.23 Å². The van der Waals surface area contributed by atoms with Crippen molar-refractivity contribution >= 4 is 31.9 Å². The molecule has 1 atom stereocenters. The molecule has 1 aromatic rings. The number of hydrogen-bond donors (Lipinski definition) is 0. The average Bonchev–Trinajstić information content (AvgIpc) is 2.24. The zero-order chi connectivity index (χ0) is 13.1. The van der Waals surface area contributed by atoms with Gasteiger partial charge >= 0.3 is 0 Å². The molecule has 0 radical (unpaired) electrons. The molecule has 0 aliphatic carbocycles. The van der Waals surface area contributed by atoms with E-state index >= 15 is 0 Å². The quantitative estimate of drug-likeness (QED) is 0.668. The van der Waals surface area contributed by atoms with E-state index < -0.39 is 0 Å². The molecule has 1 rings (SSSR count). The van der Waals surface area contributed by atoms with Crippen molar-refractivity contribution in [1.29, 1.82) is 0 Å². The van der Waals surface area contributed by atoms with Gasteiger partial charge in [-0.25, -0.2) is 0 Å². The molecule has 0 bridgehead atoms. The average molecular weight is 364 g/mol. The summed E-state index contributed by atoms with van der Waals surface area (Å²) in [4.78, 5) is 0.513. The molecule has 17 heavy (non-hydrogen) atoms. The van der Waals surface area contributed by atoms with Crippen LogP contribution < -0.4 is 4.74 Å². The van der Waals surface area contributed by atoms with E-state index in [2.05, 4.69) is 58.7 Å². The third kappa shape index (κ3) is 4.63. The summed E-state index contributed by atoms with van der Waals surface area (Å²) in [6.07, 6.45) is 2.13. The van der Waals surface area contributed by atoms with Crippen molar-refractivity contribution in [3.63, 3.8) is 0 Å². The van der Waals surface area contributed by atoms with Crippen molar-refractivity contribution in [2.45, 2.75) is 38.4 Å². The minimum absolute atomic E-state index is 0.291. The Bertz CT molecular complexity index is 369. The van der Waals surface area contributed by atoms with Gasteiger partial charge in [0.2, 0.25) is 0 Å². The van der Waals surface area contributed by atoms with Crippen molar-refractivity contribution in [3.8, 4) is 5.75 Å². The molecule has 1 unspecified atom stereocenters. The lowest BCUT2D eigenvalue weighted by Crippen LogP contribution is -2.20. The Balaban J connectivity index is 2.72. The van der Waals surface area contributed by atoms with Gasteiger partial charge in [-0.3, -0.25) is 0 Å². The van der Waals surface area contributed by atoms with E-state index in [0.29, 0.717) is 10.2 Å².